The van der Waals surface area contributed by atoms with Crippen molar-refractivity contribution in [1.29, 1.82) is 0 Å². The summed E-state index contributed by atoms with van der Waals surface area (Å²) in [5, 5.41) is 17.6. The average Bonchev–Trinajstić information content (AvgIpc) is 3.51. The lowest BCUT2D eigenvalue weighted by atomic mass is 10.1. The largest absolute Gasteiger partial charge is 0.545 e. The quantitative estimate of drug-likeness (QED) is 0.408. The van der Waals surface area contributed by atoms with Crippen molar-refractivity contribution in [2.75, 3.05) is 0 Å². The number of carboxylic acids is 1. The van der Waals surface area contributed by atoms with E-state index < -0.39 is 17.8 Å². The second-order valence-corrected chi connectivity index (χ2v) is 6.26. The van der Waals surface area contributed by atoms with Crippen LogP contribution in [0, 0.1) is 0 Å². The van der Waals surface area contributed by atoms with Gasteiger partial charge in [0.2, 0.25) is 0 Å². The Morgan fingerprint density at radius 1 is 1.11 bits per heavy atom. The number of benzene rings is 2. The van der Waals surface area contributed by atoms with Crippen LogP contribution in [-0.4, -0.2) is 30.0 Å². The number of aromatic carboxylic acids is 1. The van der Waals surface area contributed by atoms with Crippen molar-refractivity contribution in [2.24, 2.45) is 5.10 Å². The predicted octanol–water partition coefficient (Wildman–Crippen LogP) is 0.358. The minimum atomic E-state index is -1.40. The minimum absolute atomic E-state index is 0.0660. The number of hydrogen-bond donors (Lipinski definition) is 2. The van der Waals surface area contributed by atoms with Gasteiger partial charge in [0.1, 0.15) is 12.4 Å². The normalized spacial score (nSPS) is 13.1. The molecule has 0 spiro atoms. The lowest BCUT2D eigenvalue weighted by Gasteiger charge is -2.13. The van der Waals surface area contributed by atoms with Crippen molar-refractivity contribution in [3.63, 3.8) is 0 Å². The molecular formula is C20H18N3O5-. The van der Waals surface area contributed by atoms with Gasteiger partial charge in [-0.25, -0.2) is 5.43 Å². The van der Waals surface area contributed by atoms with E-state index >= 15 is 0 Å². The Morgan fingerprint density at radius 2 is 1.86 bits per heavy atom. The highest BCUT2D eigenvalue weighted by Crippen LogP contribution is 2.20. The molecule has 3 rings (SSSR count). The molecule has 2 amide bonds. The van der Waals surface area contributed by atoms with Crippen LogP contribution < -0.4 is 20.6 Å². The maximum atomic E-state index is 11.6. The molecule has 0 bridgehead atoms. The van der Waals surface area contributed by atoms with E-state index in [1.165, 1.54) is 18.3 Å². The van der Waals surface area contributed by atoms with Gasteiger partial charge in [0, 0.05) is 11.6 Å². The van der Waals surface area contributed by atoms with Crippen LogP contribution in [0.5, 0.6) is 5.75 Å². The third kappa shape index (κ3) is 5.41. The Kier molecular flexibility index (Phi) is 6.01. The third-order valence-corrected chi connectivity index (χ3v) is 3.96. The first-order valence-electron chi connectivity index (χ1n) is 8.69. The molecule has 2 aromatic carbocycles. The molecule has 1 fully saturated rings. The second kappa shape index (κ2) is 8.81. The van der Waals surface area contributed by atoms with Crippen molar-refractivity contribution in [3.8, 4) is 5.75 Å². The topological polar surface area (TPSA) is 120 Å². The molecule has 0 heterocycles. The van der Waals surface area contributed by atoms with Crippen molar-refractivity contribution in [1.82, 2.24) is 10.7 Å². The molecule has 1 aliphatic rings. The van der Waals surface area contributed by atoms with Crippen LogP contribution in [0.3, 0.4) is 0 Å². The molecule has 2 aromatic rings. The lowest BCUT2D eigenvalue weighted by molar-refractivity contribution is -0.255. The third-order valence-electron chi connectivity index (χ3n) is 3.96. The van der Waals surface area contributed by atoms with Crippen molar-refractivity contribution in [2.45, 2.75) is 25.5 Å². The van der Waals surface area contributed by atoms with E-state index in [1.54, 1.807) is 6.07 Å². The van der Waals surface area contributed by atoms with Crippen LogP contribution in [0.2, 0.25) is 0 Å². The average molecular weight is 380 g/mol. The van der Waals surface area contributed by atoms with Gasteiger partial charge in [-0.15, -0.1) is 0 Å². The highest BCUT2D eigenvalue weighted by Gasteiger charge is 2.26. The zero-order valence-electron chi connectivity index (χ0n) is 14.9. The van der Waals surface area contributed by atoms with E-state index in [2.05, 4.69) is 15.8 Å². The van der Waals surface area contributed by atoms with Gasteiger partial charge in [-0.2, -0.15) is 5.10 Å². The standard InChI is InChI=1S/C20H19N3O5/c24-18(22-15-7-8-15)19(25)23-21-11-14-6-9-17(16(10-14)20(26)27)28-12-13-4-2-1-3-5-13/h1-6,9-11,15H,7-8,12H2,(H,22,24)(H,23,25)(H,26,27)/p-1/b21-11-. The van der Waals surface area contributed by atoms with Gasteiger partial charge in [0.15, 0.2) is 0 Å². The highest BCUT2D eigenvalue weighted by atomic mass is 16.5. The molecule has 1 aliphatic carbocycles. The summed E-state index contributed by atoms with van der Waals surface area (Å²) in [4.78, 5) is 34.5. The van der Waals surface area contributed by atoms with Crippen LogP contribution in [0.4, 0.5) is 0 Å². The fourth-order valence-corrected chi connectivity index (χ4v) is 2.34. The fourth-order valence-electron chi connectivity index (χ4n) is 2.34. The summed E-state index contributed by atoms with van der Waals surface area (Å²) < 4.78 is 5.57. The zero-order chi connectivity index (χ0) is 19.9. The molecule has 0 aromatic heterocycles. The molecule has 8 heteroatoms. The Balaban J connectivity index is 1.62. The molecule has 0 saturated heterocycles. The lowest BCUT2D eigenvalue weighted by Crippen LogP contribution is -2.38. The summed E-state index contributed by atoms with van der Waals surface area (Å²) in [5.74, 6) is -2.87. The number of nitrogens with one attached hydrogen (secondary N) is 2. The number of ether oxygens (including phenoxy) is 1. The van der Waals surface area contributed by atoms with Crippen molar-refractivity contribution < 1.29 is 24.2 Å². The molecular weight excluding hydrogens is 362 g/mol. The number of carbonyl (C=O) groups is 3. The number of nitrogens with zero attached hydrogens (tertiary/aromatic N) is 1. The SMILES string of the molecule is O=C(N/N=C\c1ccc(OCc2ccccc2)c(C(=O)[O-])c1)C(=O)NC1CC1. The maximum Gasteiger partial charge on any atom is 0.329 e. The first kappa shape index (κ1) is 19.1. The Morgan fingerprint density at radius 3 is 2.54 bits per heavy atom. The van der Waals surface area contributed by atoms with Crippen LogP contribution >= 0.6 is 0 Å². The van der Waals surface area contributed by atoms with E-state index in [0.717, 1.165) is 18.4 Å². The van der Waals surface area contributed by atoms with Crippen LogP contribution in [0.1, 0.15) is 34.3 Å². The molecule has 8 nitrogen and oxygen atoms in total. The van der Waals surface area contributed by atoms with Gasteiger partial charge in [0.25, 0.3) is 0 Å². The number of carbonyl (C=O) groups excluding carboxylic acids is 3. The highest BCUT2D eigenvalue weighted by molar-refractivity contribution is 6.35. The van der Waals surface area contributed by atoms with Gasteiger partial charge in [0.05, 0.1) is 12.2 Å². The number of rotatable bonds is 7. The summed E-state index contributed by atoms with van der Waals surface area (Å²) in [6.45, 7) is 0.209. The van der Waals surface area contributed by atoms with Crippen LogP contribution in [-0.2, 0) is 16.2 Å². The zero-order valence-corrected chi connectivity index (χ0v) is 14.9. The van der Waals surface area contributed by atoms with E-state index in [-0.39, 0.29) is 24.0 Å². The second-order valence-electron chi connectivity index (χ2n) is 6.26. The summed E-state index contributed by atoms with van der Waals surface area (Å²) in [7, 11) is 0. The molecule has 0 aliphatic heterocycles. The van der Waals surface area contributed by atoms with Crippen molar-refractivity contribution in [3.05, 3.63) is 65.2 Å². The maximum absolute atomic E-state index is 11.6. The van der Waals surface area contributed by atoms with E-state index in [4.69, 9.17) is 4.74 Å². The Hall–Kier alpha value is -3.68. The number of carboxylic acid groups (broad SMARTS) is 1. The van der Waals surface area contributed by atoms with Crippen LogP contribution in [0.15, 0.2) is 53.6 Å². The van der Waals surface area contributed by atoms with Gasteiger partial charge < -0.3 is 20.0 Å². The number of hydrazone groups is 1. The molecule has 28 heavy (non-hydrogen) atoms. The monoisotopic (exact) mass is 380 g/mol. The molecule has 0 unspecified atom stereocenters. The first-order valence-corrected chi connectivity index (χ1v) is 8.69. The molecule has 1 saturated carbocycles. The van der Waals surface area contributed by atoms with Gasteiger partial charge >= 0.3 is 11.8 Å². The predicted molar refractivity (Wildman–Crippen MR) is 98.4 cm³/mol. The molecule has 0 atom stereocenters. The summed E-state index contributed by atoms with van der Waals surface area (Å²) in [5.41, 5.74) is 3.25. The van der Waals surface area contributed by atoms with E-state index in [0.29, 0.717) is 5.56 Å². The number of amides is 2. The minimum Gasteiger partial charge on any atom is -0.545 e. The van der Waals surface area contributed by atoms with Gasteiger partial charge in [-0.3, -0.25) is 9.59 Å². The number of hydrogen-bond acceptors (Lipinski definition) is 6. The van der Waals surface area contributed by atoms with E-state index in [9.17, 15) is 19.5 Å². The fraction of sp³-hybridized carbons (Fsp3) is 0.200. The smallest absolute Gasteiger partial charge is 0.329 e. The van der Waals surface area contributed by atoms with Gasteiger partial charge in [-0.1, -0.05) is 30.3 Å². The summed E-state index contributed by atoms with van der Waals surface area (Å²) in [6, 6.07) is 13.8. The van der Waals surface area contributed by atoms with Gasteiger partial charge in [-0.05, 0) is 42.2 Å². The first-order chi connectivity index (χ1) is 13.5. The molecule has 0 radical (unpaired) electrons. The summed E-state index contributed by atoms with van der Waals surface area (Å²) in [6.07, 6.45) is 2.97. The Labute approximate surface area is 161 Å². The molecule has 2 N–H and O–H groups in total. The Bertz CT molecular complexity index is 907. The molecule has 144 valence electrons. The van der Waals surface area contributed by atoms with Crippen LogP contribution in [0.25, 0.3) is 0 Å². The van der Waals surface area contributed by atoms with Crippen molar-refractivity contribution >= 4 is 24.0 Å². The summed E-state index contributed by atoms with van der Waals surface area (Å²) >= 11 is 0. The van der Waals surface area contributed by atoms with E-state index in [1.807, 2.05) is 30.3 Å².